The Morgan fingerprint density at radius 3 is 2.57 bits per heavy atom. The highest BCUT2D eigenvalue weighted by Crippen LogP contribution is 2.34. The molecule has 0 spiro atoms. The predicted molar refractivity (Wildman–Crippen MR) is 72.6 cm³/mol. The number of rotatable bonds is 6. The van der Waals surface area contributed by atoms with E-state index >= 15 is 0 Å². The van der Waals surface area contributed by atoms with Gasteiger partial charge in [0.2, 0.25) is 10.0 Å². The minimum atomic E-state index is -4.26. The van der Waals surface area contributed by atoms with E-state index in [4.69, 9.17) is 16.7 Å². The molecular weight excluding hydrogens is 324 g/mol. The fourth-order valence-electron chi connectivity index (χ4n) is 1.82. The number of nitro groups is 1. The molecule has 0 radical (unpaired) electrons. The topological polar surface area (TPSA) is 127 Å². The van der Waals surface area contributed by atoms with E-state index in [1.165, 1.54) is 0 Å². The number of carboxylic acids is 1. The van der Waals surface area contributed by atoms with E-state index in [1.54, 1.807) is 0 Å². The van der Waals surface area contributed by atoms with Gasteiger partial charge in [-0.25, -0.2) is 8.42 Å². The van der Waals surface area contributed by atoms with E-state index in [-0.39, 0.29) is 10.9 Å². The summed E-state index contributed by atoms with van der Waals surface area (Å²) in [7, 11) is -4.26. The molecule has 1 fully saturated rings. The fourth-order valence-corrected chi connectivity index (χ4v) is 3.60. The number of nitro benzene ring substituents is 1. The fraction of sp³-hybridized carbons (Fsp3) is 0.364. The summed E-state index contributed by atoms with van der Waals surface area (Å²) in [6.45, 7) is 0. The van der Waals surface area contributed by atoms with E-state index in [0.29, 0.717) is 12.8 Å². The van der Waals surface area contributed by atoms with Crippen LogP contribution in [0.4, 0.5) is 5.69 Å². The van der Waals surface area contributed by atoms with Gasteiger partial charge in [0.05, 0.1) is 9.95 Å². The molecule has 21 heavy (non-hydrogen) atoms. The van der Waals surface area contributed by atoms with Gasteiger partial charge in [-0.05, 0) is 24.8 Å². The second-order valence-electron chi connectivity index (χ2n) is 4.65. The Labute approximate surface area is 124 Å². The van der Waals surface area contributed by atoms with Crippen LogP contribution in [0.5, 0.6) is 0 Å². The van der Waals surface area contributed by atoms with Crippen LogP contribution in [-0.4, -0.2) is 30.5 Å². The smallest absolute Gasteiger partial charge is 0.322 e. The molecule has 0 saturated heterocycles. The molecule has 0 aliphatic heterocycles. The number of non-ortho nitro benzene ring substituents is 1. The third-order valence-electron chi connectivity index (χ3n) is 3.06. The first kappa shape index (κ1) is 15.7. The number of nitrogens with one attached hydrogen (secondary N) is 1. The van der Waals surface area contributed by atoms with E-state index in [2.05, 4.69) is 0 Å². The molecule has 2 rings (SSSR count). The van der Waals surface area contributed by atoms with Crippen molar-refractivity contribution >= 4 is 33.3 Å². The molecule has 1 aromatic rings. The first-order valence-corrected chi connectivity index (χ1v) is 7.77. The number of carboxylic acid groups (broad SMARTS) is 1. The first-order valence-electron chi connectivity index (χ1n) is 5.91. The molecule has 1 unspecified atom stereocenters. The molecule has 2 N–H and O–H groups in total. The maximum absolute atomic E-state index is 12.2. The summed E-state index contributed by atoms with van der Waals surface area (Å²) in [6, 6.07) is 1.69. The largest absolute Gasteiger partial charge is 0.480 e. The molecule has 1 saturated carbocycles. The molecule has 1 aliphatic carbocycles. The summed E-state index contributed by atoms with van der Waals surface area (Å²) in [5.74, 6) is -1.56. The molecule has 0 heterocycles. The van der Waals surface area contributed by atoms with Crippen LogP contribution in [0.3, 0.4) is 0 Å². The molecule has 0 aromatic heterocycles. The van der Waals surface area contributed by atoms with Crippen LogP contribution < -0.4 is 4.72 Å². The molecule has 1 aliphatic rings. The number of nitrogens with zero attached hydrogens (tertiary/aromatic N) is 1. The Hall–Kier alpha value is -1.71. The standard InChI is InChI=1S/C11H11ClN2O6S/c12-8-4-3-7(14(17)18)5-9(8)21(19,20)13-10(11(15)16)6-1-2-6/h3-6,10,13H,1-2H2,(H,15,16). The average molecular weight is 335 g/mol. The lowest BCUT2D eigenvalue weighted by molar-refractivity contribution is -0.385. The van der Waals surface area contributed by atoms with E-state index in [0.717, 1.165) is 18.2 Å². The Balaban J connectivity index is 2.36. The Bertz CT molecular complexity index is 701. The first-order chi connectivity index (χ1) is 9.72. The molecule has 114 valence electrons. The summed E-state index contributed by atoms with van der Waals surface area (Å²) in [6.07, 6.45) is 1.23. The summed E-state index contributed by atoms with van der Waals surface area (Å²) < 4.78 is 26.4. The van der Waals surface area contributed by atoms with Gasteiger partial charge >= 0.3 is 5.97 Å². The zero-order chi connectivity index (χ0) is 15.8. The number of hydrogen-bond donors (Lipinski definition) is 2. The second kappa shape index (κ2) is 5.58. The normalized spacial score (nSPS) is 16.4. The summed E-state index contributed by atoms with van der Waals surface area (Å²) in [5, 5.41) is 19.5. The Kier molecular flexibility index (Phi) is 4.17. The lowest BCUT2D eigenvalue weighted by Crippen LogP contribution is -2.42. The number of carbonyl (C=O) groups is 1. The number of aliphatic carboxylic acids is 1. The highest BCUT2D eigenvalue weighted by molar-refractivity contribution is 7.89. The highest BCUT2D eigenvalue weighted by atomic mass is 35.5. The van der Waals surface area contributed by atoms with Crippen LogP contribution in [-0.2, 0) is 14.8 Å². The van der Waals surface area contributed by atoms with Gasteiger partial charge in [-0.1, -0.05) is 11.6 Å². The molecule has 1 aromatic carbocycles. The number of halogens is 1. The van der Waals surface area contributed by atoms with Gasteiger partial charge in [0.15, 0.2) is 0 Å². The van der Waals surface area contributed by atoms with E-state index < -0.39 is 37.5 Å². The lowest BCUT2D eigenvalue weighted by Gasteiger charge is -2.14. The van der Waals surface area contributed by atoms with E-state index in [1.807, 2.05) is 4.72 Å². The van der Waals surface area contributed by atoms with Gasteiger partial charge in [0.25, 0.3) is 5.69 Å². The summed E-state index contributed by atoms with van der Waals surface area (Å²) in [5.41, 5.74) is -0.446. The van der Waals surface area contributed by atoms with Crippen LogP contribution in [0.15, 0.2) is 23.1 Å². The number of benzene rings is 1. The van der Waals surface area contributed by atoms with Crippen molar-refractivity contribution in [1.29, 1.82) is 0 Å². The van der Waals surface area contributed by atoms with Crippen molar-refractivity contribution in [3.8, 4) is 0 Å². The Morgan fingerprint density at radius 1 is 1.48 bits per heavy atom. The van der Waals surface area contributed by atoms with Crippen molar-refractivity contribution in [1.82, 2.24) is 4.72 Å². The maximum atomic E-state index is 12.2. The zero-order valence-corrected chi connectivity index (χ0v) is 12.1. The van der Waals surface area contributed by atoms with Crippen LogP contribution in [0, 0.1) is 16.0 Å². The predicted octanol–water partition coefficient (Wildman–Crippen LogP) is 1.39. The molecule has 0 amide bonds. The van der Waals surface area contributed by atoms with Gasteiger partial charge < -0.3 is 5.11 Å². The SMILES string of the molecule is O=C(O)C(NS(=O)(=O)c1cc([N+](=O)[O-])ccc1Cl)C1CC1. The molecular formula is C11H11ClN2O6S. The van der Waals surface area contributed by atoms with Crippen molar-refractivity contribution in [2.75, 3.05) is 0 Å². The summed E-state index contributed by atoms with van der Waals surface area (Å²) >= 11 is 5.75. The summed E-state index contributed by atoms with van der Waals surface area (Å²) in [4.78, 5) is 20.5. The van der Waals surface area contributed by atoms with Crippen molar-refractivity contribution in [3.63, 3.8) is 0 Å². The lowest BCUT2D eigenvalue weighted by atomic mass is 10.2. The monoisotopic (exact) mass is 334 g/mol. The van der Waals surface area contributed by atoms with Crippen molar-refractivity contribution in [3.05, 3.63) is 33.3 Å². The highest BCUT2D eigenvalue weighted by Gasteiger charge is 2.39. The van der Waals surface area contributed by atoms with Crippen LogP contribution in [0.2, 0.25) is 5.02 Å². The molecule has 8 nitrogen and oxygen atoms in total. The third kappa shape index (κ3) is 3.49. The average Bonchev–Trinajstić information content (AvgIpc) is 3.19. The quantitative estimate of drug-likeness (QED) is 0.598. The van der Waals surface area contributed by atoms with Gasteiger partial charge in [-0.2, -0.15) is 4.72 Å². The second-order valence-corrected chi connectivity index (χ2v) is 6.74. The van der Waals surface area contributed by atoms with Crippen molar-refractivity contribution in [2.45, 2.75) is 23.8 Å². The third-order valence-corrected chi connectivity index (χ3v) is 4.98. The molecule has 0 bridgehead atoms. The van der Waals surface area contributed by atoms with Gasteiger partial charge in [0, 0.05) is 12.1 Å². The number of hydrogen-bond acceptors (Lipinski definition) is 5. The van der Waals surface area contributed by atoms with Crippen molar-refractivity contribution < 1.29 is 23.2 Å². The van der Waals surface area contributed by atoms with Gasteiger partial charge in [0.1, 0.15) is 10.9 Å². The minimum absolute atomic E-state index is 0.215. The van der Waals surface area contributed by atoms with Gasteiger partial charge in [-0.15, -0.1) is 0 Å². The molecule has 1 atom stereocenters. The van der Waals surface area contributed by atoms with Crippen LogP contribution in [0.1, 0.15) is 12.8 Å². The van der Waals surface area contributed by atoms with Crippen LogP contribution in [0.25, 0.3) is 0 Å². The maximum Gasteiger partial charge on any atom is 0.322 e. The molecule has 10 heteroatoms. The minimum Gasteiger partial charge on any atom is -0.480 e. The number of sulfonamides is 1. The van der Waals surface area contributed by atoms with Crippen molar-refractivity contribution in [2.24, 2.45) is 5.92 Å². The van der Waals surface area contributed by atoms with Gasteiger partial charge in [-0.3, -0.25) is 14.9 Å². The van der Waals surface area contributed by atoms with E-state index in [9.17, 15) is 23.3 Å². The Morgan fingerprint density at radius 2 is 2.10 bits per heavy atom. The van der Waals surface area contributed by atoms with Crippen LogP contribution >= 0.6 is 11.6 Å². The zero-order valence-electron chi connectivity index (χ0n) is 10.5.